The number of hydrogen-bond acceptors (Lipinski definition) is 6. The number of carbonyl (C=O) groups is 1. The van der Waals surface area contributed by atoms with Gasteiger partial charge in [0.2, 0.25) is 0 Å². The Morgan fingerprint density at radius 2 is 2.25 bits per heavy atom. The predicted molar refractivity (Wildman–Crippen MR) is 76.0 cm³/mol. The van der Waals surface area contributed by atoms with Crippen LogP contribution in [0.1, 0.15) is 16.8 Å². The number of anilines is 2. The second-order valence-corrected chi connectivity index (χ2v) is 4.70. The number of carboxylic acids is 1. The first-order valence-electron chi connectivity index (χ1n) is 6.69. The van der Waals surface area contributed by atoms with E-state index in [0.717, 1.165) is 45.8 Å². The zero-order valence-electron chi connectivity index (χ0n) is 11.3. The van der Waals surface area contributed by atoms with Gasteiger partial charge < -0.3 is 20.9 Å². The van der Waals surface area contributed by atoms with Gasteiger partial charge in [-0.1, -0.05) is 0 Å². The van der Waals surface area contributed by atoms with Gasteiger partial charge in [-0.05, 0) is 19.0 Å². The van der Waals surface area contributed by atoms with Crippen LogP contribution >= 0.6 is 0 Å². The van der Waals surface area contributed by atoms with Gasteiger partial charge in [0, 0.05) is 25.8 Å². The number of pyridine rings is 1. The minimum absolute atomic E-state index is 0.0985. The van der Waals surface area contributed by atoms with E-state index in [9.17, 15) is 4.79 Å². The summed E-state index contributed by atoms with van der Waals surface area (Å²) in [5, 5.41) is 12.0. The van der Waals surface area contributed by atoms with Gasteiger partial charge in [-0.15, -0.1) is 0 Å². The molecule has 0 bridgehead atoms. The molecule has 1 aromatic heterocycles. The number of hydrogen-bond donors (Lipinski definition) is 3. The summed E-state index contributed by atoms with van der Waals surface area (Å²) in [6.45, 7) is 5.32. The molecule has 2 rings (SSSR count). The van der Waals surface area contributed by atoms with Crippen LogP contribution in [0.4, 0.5) is 11.5 Å². The van der Waals surface area contributed by atoms with Crippen LogP contribution in [0.2, 0.25) is 0 Å². The molecule has 2 heterocycles. The average Bonchev–Trinajstić information content (AvgIpc) is 2.46. The normalized spacial score (nSPS) is 16.0. The molecule has 1 aliphatic rings. The van der Waals surface area contributed by atoms with Crippen LogP contribution in [-0.4, -0.2) is 60.4 Å². The Hall–Kier alpha value is -1.86. The molecule has 0 unspecified atom stereocenters. The Bertz CT molecular complexity index is 461. The Morgan fingerprint density at radius 3 is 2.90 bits per heavy atom. The highest BCUT2D eigenvalue weighted by atomic mass is 16.5. The topological polar surface area (TPSA) is 101 Å². The zero-order chi connectivity index (χ0) is 14.4. The van der Waals surface area contributed by atoms with Crippen molar-refractivity contribution in [2.75, 3.05) is 50.4 Å². The lowest BCUT2D eigenvalue weighted by Gasteiger charge is -2.26. The summed E-state index contributed by atoms with van der Waals surface area (Å²) < 4.78 is 5.29. The van der Waals surface area contributed by atoms with Crippen LogP contribution in [0.5, 0.6) is 0 Å². The monoisotopic (exact) mass is 280 g/mol. The molecule has 1 fully saturated rings. The van der Waals surface area contributed by atoms with Crippen LogP contribution in [-0.2, 0) is 4.74 Å². The second-order valence-electron chi connectivity index (χ2n) is 4.70. The third kappa shape index (κ3) is 4.07. The highest BCUT2D eigenvalue weighted by molar-refractivity contribution is 5.89. The van der Waals surface area contributed by atoms with Crippen molar-refractivity contribution < 1.29 is 14.6 Å². The van der Waals surface area contributed by atoms with Gasteiger partial charge >= 0.3 is 5.97 Å². The van der Waals surface area contributed by atoms with Crippen molar-refractivity contribution >= 4 is 17.5 Å². The molecule has 0 atom stereocenters. The van der Waals surface area contributed by atoms with E-state index in [1.807, 2.05) is 0 Å². The average molecular weight is 280 g/mol. The van der Waals surface area contributed by atoms with Gasteiger partial charge in [-0.2, -0.15) is 0 Å². The second kappa shape index (κ2) is 7.06. The van der Waals surface area contributed by atoms with E-state index in [2.05, 4.69) is 15.2 Å². The van der Waals surface area contributed by atoms with Gasteiger partial charge in [0.25, 0.3) is 0 Å². The Labute approximate surface area is 117 Å². The number of aromatic carboxylic acids is 1. The summed E-state index contributed by atoms with van der Waals surface area (Å²) in [5.74, 6) is -0.486. The van der Waals surface area contributed by atoms with Crippen molar-refractivity contribution in [3.05, 3.63) is 17.8 Å². The summed E-state index contributed by atoms with van der Waals surface area (Å²) in [5.41, 5.74) is 6.23. The van der Waals surface area contributed by atoms with Gasteiger partial charge in [0.1, 0.15) is 5.82 Å². The van der Waals surface area contributed by atoms with Crippen molar-refractivity contribution in [2.45, 2.75) is 6.42 Å². The molecule has 0 radical (unpaired) electrons. The van der Waals surface area contributed by atoms with E-state index < -0.39 is 5.97 Å². The van der Waals surface area contributed by atoms with Crippen LogP contribution < -0.4 is 11.1 Å². The molecule has 4 N–H and O–H groups in total. The molecule has 110 valence electrons. The van der Waals surface area contributed by atoms with E-state index in [4.69, 9.17) is 15.6 Å². The summed E-state index contributed by atoms with van der Waals surface area (Å²) in [6.07, 6.45) is 2.28. The van der Waals surface area contributed by atoms with Crippen molar-refractivity contribution in [1.82, 2.24) is 9.88 Å². The van der Waals surface area contributed by atoms with Crippen LogP contribution in [0.15, 0.2) is 12.3 Å². The van der Waals surface area contributed by atoms with E-state index in [0.29, 0.717) is 11.5 Å². The van der Waals surface area contributed by atoms with E-state index in [1.165, 1.54) is 12.3 Å². The number of nitrogens with one attached hydrogen (secondary N) is 1. The fourth-order valence-corrected chi connectivity index (χ4v) is 2.08. The maximum Gasteiger partial charge on any atom is 0.337 e. The van der Waals surface area contributed by atoms with Gasteiger partial charge in [0.05, 0.1) is 24.5 Å². The highest BCUT2D eigenvalue weighted by Gasteiger charge is 2.10. The number of aromatic nitrogens is 1. The quantitative estimate of drug-likeness (QED) is 0.652. The molecule has 0 saturated carbocycles. The van der Waals surface area contributed by atoms with Crippen molar-refractivity contribution in [3.8, 4) is 0 Å². The molecular weight excluding hydrogens is 260 g/mol. The van der Waals surface area contributed by atoms with Crippen molar-refractivity contribution in [3.63, 3.8) is 0 Å². The molecule has 20 heavy (non-hydrogen) atoms. The molecule has 7 nitrogen and oxygen atoms in total. The summed E-state index contributed by atoms with van der Waals surface area (Å²) in [6, 6.07) is 1.42. The lowest BCUT2D eigenvalue weighted by atomic mass is 10.2. The van der Waals surface area contributed by atoms with Crippen molar-refractivity contribution in [1.29, 1.82) is 0 Å². The molecule has 0 aliphatic carbocycles. The fraction of sp³-hybridized carbons (Fsp3) is 0.538. The third-order valence-corrected chi connectivity index (χ3v) is 3.21. The molecule has 7 heteroatoms. The first-order chi connectivity index (χ1) is 9.66. The summed E-state index contributed by atoms with van der Waals surface area (Å²) in [4.78, 5) is 17.2. The Kier molecular flexibility index (Phi) is 5.14. The predicted octanol–water partition coefficient (Wildman–Crippen LogP) is 0.496. The standard InChI is InChI=1S/C13H20N4O3/c14-11-8-10(13(18)19)9-16-12(11)15-2-1-3-17-4-6-20-7-5-17/h8-9H,1-7,14H2,(H,15,16)(H,18,19). The number of nitrogen functional groups attached to an aromatic ring is 1. The minimum atomic E-state index is -1.02. The number of nitrogens with zero attached hydrogens (tertiary/aromatic N) is 2. The molecular formula is C13H20N4O3. The molecule has 1 aliphatic heterocycles. The van der Waals surface area contributed by atoms with Crippen LogP contribution in [0.3, 0.4) is 0 Å². The molecule has 0 amide bonds. The smallest absolute Gasteiger partial charge is 0.337 e. The van der Waals surface area contributed by atoms with E-state index in [1.54, 1.807) is 0 Å². The van der Waals surface area contributed by atoms with Crippen LogP contribution in [0, 0.1) is 0 Å². The number of rotatable bonds is 6. The highest BCUT2D eigenvalue weighted by Crippen LogP contribution is 2.16. The Balaban J connectivity index is 1.74. The third-order valence-electron chi connectivity index (χ3n) is 3.21. The molecule has 0 aromatic carbocycles. The van der Waals surface area contributed by atoms with E-state index in [-0.39, 0.29) is 5.56 Å². The SMILES string of the molecule is Nc1cc(C(=O)O)cnc1NCCCN1CCOCC1. The number of morpholine rings is 1. The van der Waals surface area contributed by atoms with Crippen LogP contribution in [0.25, 0.3) is 0 Å². The molecule has 1 saturated heterocycles. The first kappa shape index (κ1) is 14.5. The maximum atomic E-state index is 10.8. The fourth-order valence-electron chi connectivity index (χ4n) is 2.08. The minimum Gasteiger partial charge on any atom is -0.478 e. The first-order valence-corrected chi connectivity index (χ1v) is 6.69. The van der Waals surface area contributed by atoms with Gasteiger partial charge in [-0.3, -0.25) is 4.90 Å². The maximum absolute atomic E-state index is 10.8. The number of nitrogens with two attached hydrogens (primary N) is 1. The van der Waals surface area contributed by atoms with Gasteiger partial charge in [0.15, 0.2) is 0 Å². The molecule has 1 aromatic rings. The largest absolute Gasteiger partial charge is 0.478 e. The van der Waals surface area contributed by atoms with E-state index >= 15 is 0 Å². The lowest BCUT2D eigenvalue weighted by molar-refractivity contribution is 0.0378. The molecule has 0 spiro atoms. The Morgan fingerprint density at radius 1 is 1.50 bits per heavy atom. The summed E-state index contributed by atoms with van der Waals surface area (Å²) in [7, 11) is 0. The lowest BCUT2D eigenvalue weighted by Crippen LogP contribution is -2.37. The van der Waals surface area contributed by atoms with Gasteiger partial charge in [-0.25, -0.2) is 9.78 Å². The number of carboxylic acid groups (broad SMARTS) is 1. The zero-order valence-corrected chi connectivity index (χ0v) is 11.3. The summed E-state index contributed by atoms with van der Waals surface area (Å²) >= 11 is 0. The number of ether oxygens (including phenoxy) is 1. The van der Waals surface area contributed by atoms with Crippen molar-refractivity contribution in [2.24, 2.45) is 0 Å².